The van der Waals surface area contributed by atoms with Crippen molar-refractivity contribution in [1.29, 1.82) is 0 Å². The molecule has 0 amide bonds. The average Bonchev–Trinajstić information content (AvgIpc) is 3.65. The molecule has 1 aliphatic rings. The SMILES string of the molecule is Cn1cc(-c2cc3nc(-c4cncn4C)n(-c4cc(N5CC(C)(C)C5)c5c(c4)n(C)c(=O)n5C)c3cc2F)cn1. The van der Waals surface area contributed by atoms with Crippen molar-refractivity contribution in [3.8, 4) is 28.3 Å². The zero-order chi connectivity index (χ0) is 28.1. The van der Waals surface area contributed by atoms with Crippen molar-refractivity contribution in [3.63, 3.8) is 0 Å². The summed E-state index contributed by atoms with van der Waals surface area (Å²) in [4.78, 5) is 24.7. The summed E-state index contributed by atoms with van der Waals surface area (Å²) in [6.45, 7) is 6.22. The van der Waals surface area contributed by atoms with Gasteiger partial charge in [-0.2, -0.15) is 5.10 Å². The van der Waals surface area contributed by atoms with Gasteiger partial charge in [0.1, 0.15) is 11.5 Å². The Labute approximate surface area is 229 Å². The fraction of sp³-hybridized carbons (Fsp3) is 0.310. The highest BCUT2D eigenvalue weighted by Crippen LogP contribution is 2.40. The first-order valence-corrected chi connectivity index (χ1v) is 13.1. The number of nitrogens with zero attached hydrogens (tertiary/aromatic N) is 9. The third-order valence-corrected chi connectivity index (χ3v) is 7.97. The summed E-state index contributed by atoms with van der Waals surface area (Å²) in [6, 6.07) is 7.38. The van der Waals surface area contributed by atoms with Gasteiger partial charge in [0.25, 0.3) is 0 Å². The van der Waals surface area contributed by atoms with Crippen molar-refractivity contribution >= 4 is 27.8 Å². The second-order valence-electron chi connectivity index (χ2n) is 11.6. The Morgan fingerprint density at radius 3 is 2.38 bits per heavy atom. The minimum atomic E-state index is -0.365. The van der Waals surface area contributed by atoms with Crippen LogP contribution in [0.3, 0.4) is 0 Å². The zero-order valence-corrected chi connectivity index (χ0v) is 23.3. The van der Waals surface area contributed by atoms with Gasteiger partial charge < -0.3 is 9.47 Å². The standard InChI is InChI=1S/C29H30FN9O/c1-29(2)14-38(15-29)24-8-18(7-23-26(24)37(6)28(40)36(23)5)39-22-10-20(30)19(17-11-32-35(4)13-17)9-21(22)33-27(39)25-12-31-16-34(25)3/h7-13,16H,14-15H2,1-6H3. The molecule has 7 rings (SSSR count). The van der Waals surface area contributed by atoms with Crippen molar-refractivity contribution < 1.29 is 4.39 Å². The van der Waals surface area contributed by atoms with Crippen molar-refractivity contribution in [1.82, 2.24) is 38.0 Å². The normalized spacial score (nSPS) is 14.9. The molecule has 0 bridgehead atoms. The summed E-state index contributed by atoms with van der Waals surface area (Å²) in [5.74, 6) is 0.268. The number of rotatable bonds is 4. The first kappa shape index (κ1) is 24.4. The molecule has 2 aromatic carbocycles. The van der Waals surface area contributed by atoms with Gasteiger partial charge in [-0.3, -0.25) is 18.4 Å². The van der Waals surface area contributed by atoms with Crippen LogP contribution < -0.4 is 10.6 Å². The van der Waals surface area contributed by atoms with Gasteiger partial charge >= 0.3 is 5.69 Å². The summed E-state index contributed by atoms with van der Waals surface area (Å²) in [7, 11) is 7.30. The van der Waals surface area contributed by atoms with E-state index in [0.717, 1.165) is 41.2 Å². The zero-order valence-electron chi connectivity index (χ0n) is 23.3. The van der Waals surface area contributed by atoms with Crippen LogP contribution in [0.25, 0.3) is 50.4 Å². The van der Waals surface area contributed by atoms with E-state index in [9.17, 15) is 4.79 Å². The minimum Gasteiger partial charge on any atom is -0.369 e. The lowest BCUT2D eigenvalue weighted by molar-refractivity contribution is 0.277. The summed E-state index contributed by atoms with van der Waals surface area (Å²) >= 11 is 0. The number of benzene rings is 2. The molecule has 204 valence electrons. The predicted molar refractivity (Wildman–Crippen MR) is 153 cm³/mol. The van der Waals surface area contributed by atoms with E-state index in [4.69, 9.17) is 4.98 Å². The summed E-state index contributed by atoms with van der Waals surface area (Å²) in [5.41, 5.74) is 6.70. The van der Waals surface area contributed by atoms with Gasteiger partial charge in [-0.05, 0) is 23.6 Å². The maximum atomic E-state index is 15.7. The lowest BCUT2D eigenvalue weighted by Crippen LogP contribution is -2.53. The highest BCUT2D eigenvalue weighted by Gasteiger charge is 2.36. The predicted octanol–water partition coefficient (Wildman–Crippen LogP) is 4.00. The van der Waals surface area contributed by atoms with Gasteiger partial charge in [0.2, 0.25) is 0 Å². The van der Waals surface area contributed by atoms with Crippen LogP contribution in [0.5, 0.6) is 0 Å². The fourth-order valence-electron chi connectivity index (χ4n) is 6.03. The molecule has 0 aliphatic carbocycles. The molecular weight excluding hydrogens is 509 g/mol. The topological polar surface area (TPSA) is 83.6 Å². The molecule has 1 aliphatic heterocycles. The second-order valence-corrected chi connectivity index (χ2v) is 11.6. The van der Waals surface area contributed by atoms with Gasteiger partial charge in [-0.25, -0.2) is 19.2 Å². The summed E-state index contributed by atoms with van der Waals surface area (Å²) in [6.07, 6.45) is 6.91. The highest BCUT2D eigenvalue weighted by molar-refractivity contribution is 5.94. The molecule has 0 N–H and O–H groups in total. The van der Waals surface area contributed by atoms with Gasteiger partial charge in [0, 0.05) is 64.7 Å². The molecule has 4 aromatic heterocycles. The molecule has 6 aromatic rings. The van der Waals surface area contributed by atoms with Gasteiger partial charge in [0.05, 0.1) is 52.2 Å². The van der Waals surface area contributed by atoms with Crippen molar-refractivity contribution in [2.24, 2.45) is 33.6 Å². The Morgan fingerprint density at radius 2 is 1.73 bits per heavy atom. The first-order valence-electron chi connectivity index (χ1n) is 13.1. The lowest BCUT2D eigenvalue weighted by Gasteiger charge is -2.47. The number of anilines is 1. The van der Waals surface area contributed by atoms with Crippen LogP contribution in [0, 0.1) is 11.2 Å². The van der Waals surface area contributed by atoms with Crippen molar-refractivity contribution in [2.75, 3.05) is 18.0 Å². The average molecular weight is 540 g/mol. The number of aryl methyl sites for hydroxylation is 4. The summed E-state index contributed by atoms with van der Waals surface area (Å²) < 4.78 is 24.6. The quantitative estimate of drug-likeness (QED) is 0.338. The Kier molecular flexibility index (Phi) is 4.98. The number of aromatic nitrogens is 8. The molecule has 0 saturated carbocycles. The van der Waals surface area contributed by atoms with Crippen LogP contribution in [0.4, 0.5) is 10.1 Å². The Morgan fingerprint density at radius 1 is 0.950 bits per heavy atom. The third-order valence-electron chi connectivity index (χ3n) is 7.97. The number of imidazole rings is 3. The fourth-order valence-corrected chi connectivity index (χ4v) is 6.03. The molecule has 11 heteroatoms. The van der Waals surface area contributed by atoms with E-state index in [1.807, 2.05) is 29.3 Å². The van der Waals surface area contributed by atoms with E-state index in [0.29, 0.717) is 28.0 Å². The molecule has 0 radical (unpaired) electrons. The Bertz CT molecular complexity index is 2030. The van der Waals surface area contributed by atoms with Crippen LogP contribution in [0.15, 0.2) is 54.0 Å². The first-order chi connectivity index (χ1) is 19.0. The van der Waals surface area contributed by atoms with Crippen LogP contribution >= 0.6 is 0 Å². The molecule has 1 saturated heterocycles. The monoisotopic (exact) mass is 539 g/mol. The number of hydrogen-bond acceptors (Lipinski definition) is 5. The molecule has 0 atom stereocenters. The van der Waals surface area contributed by atoms with Gasteiger partial charge in [-0.1, -0.05) is 13.8 Å². The molecule has 5 heterocycles. The summed E-state index contributed by atoms with van der Waals surface area (Å²) in [5, 5.41) is 4.21. The van der Waals surface area contributed by atoms with E-state index < -0.39 is 0 Å². The molecule has 1 fully saturated rings. The maximum absolute atomic E-state index is 15.7. The molecule has 40 heavy (non-hydrogen) atoms. The van der Waals surface area contributed by atoms with Crippen LogP contribution in [0.1, 0.15) is 13.8 Å². The number of fused-ring (bicyclic) bond motifs is 2. The van der Waals surface area contributed by atoms with Crippen LogP contribution in [0.2, 0.25) is 0 Å². The highest BCUT2D eigenvalue weighted by atomic mass is 19.1. The second kappa shape index (κ2) is 8.17. The molecule has 0 unspecified atom stereocenters. The Balaban J connectivity index is 1.54. The van der Waals surface area contributed by atoms with Crippen molar-refractivity contribution in [2.45, 2.75) is 13.8 Å². The van der Waals surface area contributed by atoms with Crippen LogP contribution in [-0.2, 0) is 28.2 Å². The molecule has 0 spiro atoms. The van der Waals surface area contributed by atoms with Gasteiger partial charge in [0.15, 0.2) is 5.82 Å². The van der Waals surface area contributed by atoms with Crippen molar-refractivity contribution in [3.05, 3.63) is 65.5 Å². The number of halogens is 1. The largest absolute Gasteiger partial charge is 0.369 e. The van der Waals surface area contributed by atoms with E-state index in [1.54, 1.807) is 58.9 Å². The molecule has 10 nitrogen and oxygen atoms in total. The number of hydrogen-bond donors (Lipinski definition) is 0. The van der Waals surface area contributed by atoms with E-state index in [-0.39, 0.29) is 16.9 Å². The van der Waals surface area contributed by atoms with E-state index in [1.165, 1.54) is 6.07 Å². The van der Waals surface area contributed by atoms with E-state index in [2.05, 4.69) is 34.9 Å². The van der Waals surface area contributed by atoms with Crippen LogP contribution in [-0.4, -0.2) is 51.1 Å². The maximum Gasteiger partial charge on any atom is 0.328 e. The lowest BCUT2D eigenvalue weighted by atomic mass is 9.84. The smallest absolute Gasteiger partial charge is 0.328 e. The minimum absolute atomic E-state index is 0.0947. The molecular formula is C29H30FN9O. The third kappa shape index (κ3) is 3.46. The Hall–Kier alpha value is -4.67. The van der Waals surface area contributed by atoms with Gasteiger partial charge in [-0.15, -0.1) is 0 Å². The van der Waals surface area contributed by atoms with E-state index >= 15 is 4.39 Å².